The summed E-state index contributed by atoms with van der Waals surface area (Å²) < 4.78 is 5.56. The van der Waals surface area contributed by atoms with Crippen LogP contribution in [-0.4, -0.2) is 48.1 Å². The molecule has 0 spiro atoms. The van der Waals surface area contributed by atoms with E-state index in [-0.39, 0.29) is 6.09 Å². The van der Waals surface area contributed by atoms with Gasteiger partial charge < -0.3 is 14.5 Å². The summed E-state index contributed by atoms with van der Waals surface area (Å²) in [5, 5.41) is 0. The summed E-state index contributed by atoms with van der Waals surface area (Å²) in [4.78, 5) is 16.7. The molecule has 0 saturated carbocycles. The number of ether oxygens (including phenoxy) is 1. The molecular weight excluding hydrogens is 252 g/mol. The summed E-state index contributed by atoms with van der Waals surface area (Å²) in [6, 6.07) is 6.16. The maximum Gasteiger partial charge on any atom is 0.415 e. The lowest BCUT2D eigenvalue weighted by atomic mass is 10.1. The zero-order valence-electron chi connectivity index (χ0n) is 12.3. The highest BCUT2D eigenvalue weighted by Crippen LogP contribution is 2.23. The zero-order valence-corrected chi connectivity index (χ0v) is 12.3. The molecular formula is C16H22N2O2. The van der Waals surface area contributed by atoms with Gasteiger partial charge in [-0.05, 0) is 49.9 Å². The van der Waals surface area contributed by atoms with Gasteiger partial charge in [0.15, 0.2) is 0 Å². The van der Waals surface area contributed by atoms with E-state index in [0.29, 0.717) is 11.8 Å². The second kappa shape index (κ2) is 5.44. The Morgan fingerprint density at radius 2 is 1.85 bits per heavy atom. The molecule has 3 saturated heterocycles. The lowest BCUT2D eigenvalue weighted by molar-refractivity contribution is 0.131. The smallest absolute Gasteiger partial charge is 0.410 e. The first-order chi connectivity index (χ1) is 9.63. The van der Waals surface area contributed by atoms with Gasteiger partial charge in [-0.2, -0.15) is 0 Å². The van der Waals surface area contributed by atoms with Gasteiger partial charge in [0.25, 0.3) is 0 Å². The second-order valence-corrected chi connectivity index (χ2v) is 5.88. The van der Waals surface area contributed by atoms with Crippen LogP contribution in [0.5, 0.6) is 5.75 Å². The maximum atomic E-state index is 12.4. The third-order valence-electron chi connectivity index (χ3n) is 4.57. The van der Waals surface area contributed by atoms with Crippen molar-refractivity contribution in [3.63, 3.8) is 0 Å². The Balaban J connectivity index is 1.70. The normalized spacial score (nSPS) is 25.4. The van der Waals surface area contributed by atoms with Crippen LogP contribution in [0.3, 0.4) is 0 Å². The summed E-state index contributed by atoms with van der Waals surface area (Å²) in [5.41, 5.74) is 2.37. The largest absolute Gasteiger partial charge is 0.415 e. The molecule has 4 rings (SSSR count). The summed E-state index contributed by atoms with van der Waals surface area (Å²) in [6.07, 6.45) is 1.95. The Bertz CT molecular complexity index is 507. The van der Waals surface area contributed by atoms with Crippen LogP contribution >= 0.6 is 0 Å². The lowest BCUT2D eigenvalue weighted by Gasteiger charge is -2.30. The summed E-state index contributed by atoms with van der Waals surface area (Å²) in [6.45, 7) is 8.07. The molecule has 20 heavy (non-hydrogen) atoms. The first-order valence-electron chi connectivity index (χ1n) is 7.41. The Hall–Kier alpha value is -1.55. The van der Waals surface area contributed by atoms with Gasteiger partial charge in [-0.1, -0.05) is 6.07 Å². The fourth-order valence-corrected chi connectivity index (χ4v) is 3.06. The number of carbonyl (C=O) groups is 1. The van der Waals surface area contributed by atoms with Crippen molar-refractivity contribution in [2.75, 3.05) is 26.2 Å². The molecule has 4 heteroatoms. The first-order valence-corrected chi connectivity index (χ1v) is 7.41. The van der Waals surface area contributed by atoms with Crippen molar-refractivity contribution < 1.29 is 9.53 Å². The van der Waals surface area contributed by atoms with Crippen molar-refractivity contribution in [1.82, 2.24) is 9.80 Å². The zero-order chi connectivity index (χ0) is 14.1. The van der Waals surface area contributed by atoms with E-state index in [4.69, 9.17) is 4.74 Å². The molecule has 0 unspecified atom stereocenters. The lowest BCUT2D eigenvalue weighted by Crippen LogP contribution is -2.43. The monoisotopic (exact) mass is 274 g/mol. The quantitative estimate of drug-likeness (QED) is 0.789. The number of nitrogens with zero attached hydrogens (tertiary/aromatic N) is 2. The van der Waals surface area contributed by atoms with Gasteiger partial charge in [-0.25, -0.2) is 4.79 Å². The molecule has 4 nitrogen and oxygen atoms in total. The van der Waals surface area contributed by atoms with E-state index in [0.717, 1.165) is 44.6 Å². The minimum absolute atomic E-state index is 0.193. The highest BCUT2D eigenvalue weighted by Gasteiger charge is 2.32. The average Bonchev–Trinajstić information content (AvgIpc) is 2.76. The predicted octanol–water partition coefficient (Wildman–Crippen LogP) is 2.58. The highest BCUT2D eigenvalue weighted by molar-refractivity contribution is 5.71. The first kappa shape index (κ1) is 13.4. The number of rotatable bonds is 1. The molecule has 3 aliphatic rings. The Morgan fingerprint density at radius 3 is 2.55 bits per heavy atom. The van der Waals surface area contributed by atoms with Crippen LogP contribution < -0.4 is 4.74 Å². The van der Waals surface area contributed by atoms with Crippen LogP contribution in [0.1, 0.15) is 24.0 Å². The minimum atomic E-state index is -0.193. The van der Waals surface area contributed by atoms with Crippen molar-refractivity contribution >= 4 is 6.09 Å². The predicted molar refractivity (Wildman–Crippen MR) is 78.1 cm³/mol. The maximum absolute atomic E-state index is 12.4. The van der Waals surface area contributed by atoms with E-state index >= 15 is 0 Å². The third-order valence-corrected chi connectivity index (χ3v) is 4.57. The van der Waals surface area contributed by atoms with E-state index in [2.05, 4.69) is 11.8 Å². The Morgan fingerprint density at radius 1 is 1.10 bits per heavy atom. The molecule has 0 N–H and O–H groups in total. The van der Waals surface area contributed by atoms with Crippen molar-refractivity contribution in [2.24, 2.45) is 0 Å². The molecule has 108 valence electrons. The number of hydrogen-bond donors (Lipinski definition) is 0. The molecule has 1 aromatic rings. The van der Waals surface area contributed by atoms with Gasteiger partial charge in [0.2, 0.25) is 0 Å². The molecule has 1 amide bonds. The molecule has 0 aromatic heterocycles. The number of piperidine rings is 1. The van der Waals surface area contributed by atoms with Crippen LogP contribution in [0.25, 0.3) is 0 Å². The van der Waals surface area contributed by atoms with Crippen molar-refractivity contribution in [3.8, 4) is 5.75 Å². The topological polar surface area (TPSA) is 32.8 Å². The van der Waals surface area contributed by atoms with Crippen LogP contribution in [0, 0.1) is 13.8 Å². The molecule has 3 heterocycles. The van der Waals surface area contributed by atoms with Crippen LogP contribution in [0.15, 0.2) is 18.2 Å². The third kappa shape index (κ3) is 2.66. The number of hydrogen-bond acceptors (Lipinski definition) is 3. The number of carbonyl (C=O) groups excluding carboxylic acids is 1. The van der Waals surface area contributed by atoms with E-state index in [1.165, 1.54) is 5.56 Å². The van der Waals surface area contributed by atoms with Gasteiger partial charge >= 0.3 is 6.09 Å². The molecule has 2 bridgehead atoms. The Kier molecular flexibility index (Phi) is 3.66. The fourth-order valence-electron chi connectivity index (χ4n) is 3.06. The van der Waals surface area contributed by atoms with E-state index in [1.54, 1.807) is 0 Å². The molecule has 1 aromatic carbocycles. The molecule has 0 atom stereocenters. The van der Waals surface area contributed by atoms with Gasteiger partial charge in [0, 0.05) is 32.2 Å². The minimum Gasteiger partial charge on any atom is -0.410 e. The molecule has 3 aliphatic heterocycles. The van der Waals surface area contributed by atoms with Crippen LogP contribution in [0.2, 0.25) is 0 Å². The summed E-state index contributed by atoms with van der Waals surface area (Å²) in [5.74, 6) is 0.650. The molecule has 0 radical (unpaired) electrons. The van der Waals surface area contributed by atoms with Crippen molar-refractivity contribution in [1.29, 1.82) is 0 Å². The number of fused-ring (bicyclic) bond motifs is 4. The number of aryl methyl sites for hydroxylation is 2. The summed E-state index contributed by atoms with van der Waals surface area (Å²) in [7, 11) is 0. The standard InChI is InChI=1S/C16H22N2O2/c1-12-3-4-15(11-13(12)2)20-16(19)18-10-9-17-7-5-14(18)6-8-17/h3-4,11,14H,5-10H2,1-2H3. The number of benzene rings is 1. The van der Waals surface area contributed by atoms with Crippen molar-refractivity contribution in [3.05, 3.63) is 29.3 Å². The van der Waals surface area contributed by atoms with Crippen LogP contribution in [-0.2, 0) is 0 Å². The van der Waals surface area contributed by atoms with Crippen molar-refractivity contribution in [2.45, 2.75) is 32.7 Å². The average molecular weight is 274 g/mol. The van der Waals surface area contributed by atoms with Gasteiger partial charge in [0.05, 0.1) is 0 Å². The van der Waals surface area contributed by atoms with Gasteiger partial charge in [-0.15, -0.1) is 0 Å². The van der Waals surface area contributed by atoms with Crippen LogP contribution in [0.4, 0.5) is 4.79 Å². The Labute approximate surface area is 120 Å². The summed E-state index contributed by atoms with van der Waals surface area (Å²) >= 11 is 0. The molecule has 0 aliphatic carbocycles. The van der Waals surface area contributed by atoms with E-state index in [9.17, 15) is 4.79 Å². The van der Waals surface area contributed by atoms with Gasteiger partial charge in [0.1, 0.15) is 5.75 Å². The van der Waals surface area contributed by atoms with E-state index < -0.39 is 0 Å². The SMILES string of the molecule is Cc1ccc(OC(=O)N2CCN3CCC2CC3)cc1C. The van der Waals surface area contributed by atoms with Gasteiger partial charge in [-0.3, -0.25) is 0 Å². The second-order valence-electron chi connectivity index (χ2n) is 5.88. The fraction of sp³-hybridized carbons (Fsp3) is 0.562. The number of amides is 1. The molecule has 3 fully saturated rings. The highest BCUT2D eigenvalue weighted by atomic mass is 16.6. The van der Waals surface area contributed by atoms with E-state index in [1.807, 2.05) is 30.0 Å².